The van der Waals surface area contributed by atoms with Crippen LogP contribution >= 0.6 is 23.5 Å². The van der Waals surface area contributed by atoms with Gasteiger partial charge in [0.05, 0.1) is 32.4 Å². The third kappa shape index (κ3) is 3.93. The highest BCUT2D eigenvalue weighted by atomic mass is 32.2. The van der Waals surface area contributed by atoms with Crippen molar-refractivity contribution >= 4 is 69.9 Å². The predicted octanol–water partition coefficient (Wildman–Crippen LogP) is 9.25. The quantitative estimate of drug-likeness (QED) is 0.193. The third-order valence-corrected chi connectivity index (χ3v) is 14.3. The second kappa shape index (κ2) is 9.55. The molecule has 6 aromatic rings. The smallest absolute Gasteiger partial charge is 0.143 e. The molecule has 0 N–H and O–H groups in total. The fourth-order valence-corrected chi connectivity index (χ4v) is 12.6. The first-order valence-electron chi connectivity index (χ1n) is 13.7. The number of ether oxygens (including phenoxy) is 1. The van der Waals surface area contributed by atoms with Crippen molar-refractivity contribution < 1.29 is 4.74 Å². The van der Waals surface area contributed by atoms with Gasteiger partial charge in [-0.2, -0.15) is 0 Å². The maximum atomic E-state index is 6.46. The molecule has 0 radical (unpaired) electrons. The fourth-order valence-electron chi connectivity index (χ4n) is 6.00. The van der Waals surface area contributed by atoms with Crippen LogP contribution in [0.1, 0.15) is 0 Å². The standard InChI is InChI=1S/C35H26N2OS2Si/c1-41(2)31-20-6-5-19-30(31)40-35-26(15-9-21-32(35)41)37(24-13-7-11-23-12-10-22-36-33(23)24)25-14-8-17-28-34(25)39-29-18-4-3-16-27(29)38-28/h3-22H,1-2H3. The molecule has 3 heterocycles. The van der Waals surface area contributed by atoms with E-state index in [0.29, 0.717) is 0 Å². The van der Waals surface area contributed by atoms with Gasteiger partial charge in [0.15, 0.2) is 0 Å². The van der Waals surface area contributed by atoms with Crippen LogP contribution in [0, 0.1) is 0 Å². The van der Waals surface area contributed by atoms with Gasteiger partial charge < -0.3 is 9.64 Å². The lowest BCUT2D eigenvalue weighted by Gasteiger charge is -2.37. The maximum absolute atomic E-state index is 6.46. The Morgan fingerprint density at radius 1 is 0.585 bits per heavy atom. The molecule has 2 aliphatic heterocycles. The van der Waals surface area contributed by atoms with Crippen molar-refractivity contribution in [3.63, 3.8) is 0 Å². The van der Waals surface area contributed by atoms with Crippen LogP contribution in [-0.4, -0.2) is 13.1 Å². The zero-order valence-corrected chi connectivity index (χ0v) is 25.3. The van der Waals surface area contributed by atoms with Gasteiger partial charge in [-0.25, -0.2) is 0 Å². The number of pyridine rings is 1. The highest BCUT2D eigenvalue weighted by molar-refractivity contribution is 8.00. The van der Waals surface area contributed by atoms with Crippen molar-refractivity contribution in [3.8, 4) is 11.5 Å². The Kier molecular flexibility index (Phi) is 5.78. The van der Waals surface area contributed by atoms with Gasteiger partial charge in [-0.1, -0.05) is 103 Å². The summed E-state index contributed by atoms with van der Waals surface area (Å²) in [4.78, 5) is 12.2. The zero-order chi connectivity index (χ0) is 27.6. The molecule has 5 aromatic carbocycles. The van der Waals surface area contributed by atoms with E-state index in [2.05, 4.69) is 115 Å². The van der Waals surface area contributed by atoms with E-state index in [4.69, 9.17) is 9.72 Å². The van der Waals surface area contributed by atoms with E-state index in [9.17, 15) is 0 Å². The molecule has 2 aliphatic rings. The lowest BCUT2D eigenvalue weighted by molar-refractivity contribution is 0.455. The van der Waals surface area contributed by atoms with Crippen LogP contribution in [0.15, 0.2) is 141 Å². The average Bonchev–Trinajstić information content (AvgIpc) is 3.01. The predicted molar refractivity (Wildman–Crippen MR) is 174 cm³/mol. The summed E-state index contributed by atoms with van der Waals surface area (Å²) in [6.07, 6.45) is 1.89. The van der Waals surface area contributed by atoms with Gasteiger partial charge in [-0.05, 0) is 58.9 Å². The van der Waals surface area contributed by atoms with Crippen LogP contribution in [-0.2, 0) is 0 Å². The highest BCUT2D eigenvalue weighted by Gasteiger charge is 2.37. The summed E-state index contributed by atoms with van der Waals surface area (Å²) < 4.78 is 6.46. The number of hydrogen-bond donors (Lipinski definition) is 0. The van der Waals surface area contributed by atoms with E-state index in [1.165, 1.54) is 25.9 Å². The van der Waals surface area contributed by atoms with Crippen LogP contribution in [0.2, 0.25) is 13.1 Å². The first-order chi connectivity index (χ1) is 20.1. The Morgan fingerprint density at radius 2 is 1.22 bits per heavy atom. The van der Waals surface area contributed by atoms with Gasteiger partial charge in [0.25, 0.3) is 0 Å². The van der Waals surface area contributed by atoms with Crippen LogP contribution < -0.4 is 20.0 Å². The SMILES string of the molecule is C[Si]1(C)c2ccccc2Sc2c(N(c3cccc4c3Sc3ccccc3O4)c3cccc4cccnc34)cccc21. The molecule has 0 aliphatic carbocycles. The van der Waals surface area contributed by atoms with E-state index < -0.39 is 8.07 Å². The summed E-state index contributed by atoms with van der Waals surface area (Å²) in [5, 5.41) is 4.09. The lowest BCUT2D eigenvalue weighted by atomic mass is 10.1. The van der Waals surface area contributed by atoms with Gasteiger partial charge in [-0.15, -0.1) is 0 Å². The number of aromatic nitrogens is 1. The number of anilines is 3. The number of nitrogens with zero attached hydrogens (tertiary/aromatic N) is 2. The summed E-state index contributed by atoms with van der Waals surface area (Å²) in [7, 11) is -1.93. The number of para-hydroxylation sites is 2. The van der Waals surface area contributed by atoms with Gasteiger partial charge in [0, 0.05) is 21.4 Å². The first-order valence-corrected chi connectivity index (χ1v) is 18.4. The molecule has 0 saturated heterocycles. The molecule has 0 atom stereocenters. The van der Waals surface area contributed by atoms with Gasteiger partial charge in [0.1, 0.15) is 19.6 Å². The normalized spacial score (nSPS) is 14.3. The Hall–Kier alpha value is -3.97. The first kappa shape index (κ1) is 24.8. The molecule has 0 saturated carbocycles. The van der Waals surface area contributed by atoms with E-state index in [1.807, 2.05) is 36.2 Å². The Bertz CT molecular complexity index is 1980. The van der Waals surface area contributed by atoms with Crippen LogP contribution in [0.5, 0.6) is 11.5 Å². The molecular formula is C35H26N2OS2Si. The minimum atomic E-state index is -1.93. The number of rotatable bonds is 3. The van der Waals surface area contributed by atoms with Crippen molar-refractivity contribution in [1.29, 1.82) is 0 Å². The van der Waals surface area contributed by atoms with Crippen molar-refractivity contribution in [2.45, 2.75) is 32.7 Å². The number of hydrogen-bond acceptors (Lipinski definition) is 5. The number of benzene rings is 5. The Morgan fingerprint density at radius 3 is 2.12 bits per heavy atom. The van der Waals surface area contributed by atoms with E-state index in [0.717, 1.165) is 43.6 Å². The minimum Gasteiger partial charge on any atom is -0.455 e. The molecule has 0 spiro atoms. The largest absolute Gasteiger partial charge is 0.455 e. The van der Waals surface area contributed by atoms with Crippen molar-refractivity contribution in [2.75, 3.05) is 4.90 Å². The zero-order valence-electron chi connectivity index (χ0n) is 22.7. The fraction of sp³-hybridized carbons (Fsp3) is 0.0571. The summed E-state index contributed by atoms with van der Waals surface area (Å²) in [6, 6.07) is 41.1. The van der Waals surface area contributed by atoms with Gasteiger partial charge in [0.2, 0.25) is 0 Å². The minimum absolute atomic E-state index is 0.877. The van der Waals surface area contributed by atoms with Crippen molar-refractivity contribution in [2.24, 2.45) is 0 Å². The van der Waals surface area contributed by atoms with E-state index in [1.54, 1.807) is 11.8 Å². The van der Waals surface area contributed by atoms with Crippen molar-refractivity contribution in [3.05, 3.63) is 121 Å². The molecular weight excluding hydrogens is 557 g/mol. The van der Waals surface area contributed by atoms with Crippen LogP contribution in [0.4, 0.5) is 17.1 Å². The second-order valence-electron chi connectivity index (χ2n) is 10.8. The third-order valence-electron chi connectivity index (χ3n) is 8.01. The highest BCUT2D eigenvalue weighted by Crippen LogP contribution is 2.54. The van der Waals surface area contributed by atoms with E-state index >= 15 is 0 Å². The average molecular weight is 583 g/mol. The van der Waals surface area contributed by atoms with Crippen LogP contribution in [0.25, 0.3) is 10.9 Å². The molecule has 3 nitrogen and oxygen atoms in total. The monoisotopic (exact) mass is 582 g/mol. The Labute approximate surface area is 249 Å². The molecule has 0 fully saturated rings. The molecule has 6 heteroatoms. The summed E-state index contributed by atoms with van der Waals surface area (Å²) in [5.74, 6) is 1.78. The topological polar surface area (TPSA) is 25.4 Å². The molecule has 0 amide bonds. The molecule has 41 heavy (non-hydrogen) atoms. The van der Waals surface area contributed by atoms with Crippen LogP contribution in [0.3, 0.4) is 0 Å². The Balaban J connectivity index is 1.41. The second-order valence-corrected chi connectivity index (χ2v) is 17.3. The summed E-state index contributed by atoms with van der Waals surface area (Å²) >= 11 is 3.67. The van der Waals surface area contributed by atoms with Gasteiger partial charge >= 0.3 is 0 Å². The maximum Gasteiger partial charge on any atom is 0.143 e. The number of fused-ring (bicyclic) bond motifs is 5. The lowest BCUT2D eigenvalue weighted by Crippen LogP contribution is -2.56. The summed E-state index contributed by atoms with van der Waals surface area (Å²) in [6.45, 7) is 4.95. The molecule has 1 aromatic heterocycles. The molecule has 8 rings (SSSR count). The molecule has 0 unspecified atom stereocenters. The van der Waals surface area contributed by atoms with E-state index in [-0.39, 0.29) is 0 Å². The molecule has 198 valence electrons. The van der Waals surface area contributed by atoms with Gasteiger partial charge in [-0.3, -0.25) is 4.98 Å². The molecule has 0 bridgehead atoms. The summed E-state index contributed by atoms with van der Waals surface area (Å²) in [5.41, 5.74) is 4.30. The van der Waals surface area contributed by atoms with Crippen molar-refractivity contribution in [1.82, 2.24) is 4.98 Å².